The fourth-order valence-electron chi connectivity index (χ4n) is 3.41. The van der Waals surface area contributed by atoms with Gasteiger partial charge in [0.25, 0.3) is 0 Å². The second kappa shape index (κ2) is 6.85. The highest BCUT2D eigenvalue weighted by Crippen LogP contribution is 2.37. The Balaban J connectivity index is 1.78. The monoisotopic (exact) mass is 347 g/mol. The summed E-state index contributed by atoms with van der Waals surface area (Å²) in [6.07, 6.45) is 2.31. The highest BCUT2D eigenvalue weighted by atomic mass is 35.5. The maximum Gasteiger partial charge on any atom is 0.227 e. The molecule has 0 saturated carbocycles. The lowest BCUT2D eigenvalue weighted by Crippen LogP contribution is -2.32. The predicted octanol–water partition coefficient (Wildman–Crippen LogP) is 3.30. The van der Waals surface area contributed by atoms with Crippen LogP contribution >= 0.6 is 11.6 Å². The van der Waals surface area contributed by atoms with Crippen LogP contribution in [0.5, 0.6) is 5.75 Å². The van der Waals surface area contributed by atoms with Crippen LogP contribution in [-0.4, -0.2) is 34.2 Å². The Bertz CT molecular complexity index is 739. The van der Waals surface area contributed by atoms with Crippen molar-refractivity contribution in [2.24, 2.45) is 7.05 Å². The minimum absolute atomic E-state index is 0.0250. The van der Waals surface area contributed by atoms with Crippen molar-refractivity contribution >= 4 is 17.5 Å². The maximum atomic E-state index is 12.8. The topological polar surface area (TPSA) is 47.4 Å². The van der Waals surface area contributed by atoms with Crippen molar-refractivity contribution in [1.82, 2.24) is 14.7 Å². The van der Waals surface area contributed by atoms with Gasteiger partial charge in [0.15, 0.2) is 0 Å². The fourth-order valence-corrected chi connectivity index (χ4v) is 3.71. The second-order valence-corrected chi connectivity index (χ2v) is 6.54. The lowest BCUT2D eigenvalue weighted by molar-refractivity contribution is -0.131. The van der Waals surface area contributed by atoms with E-state index in [0.717, 1.165) is 42.0 Å². The van der Waals surface area contributed by atoms with Crippen LogP contribution in [0.1, 0.15) is 35.7 Å². The average molecular weight is 348 g/mol. The molecule has 6 heteroatoms. The summed E-state index contributed by atoms with van der Waals surface area (Å²) in [5, 5.41) is 5.01. The lowest BCUT2D eigenvalue weighted by Gasteiger charge is -2.25. The van der Waals surface area contributed by atoms with Gasteiger partial charge >= 0.3 is 0 Å². The molecule has 0 spiro atoms. The summed E-state index contributed by atoms with van der Waals surface area (Å²) in [5.74, 6) is 0.921. The van der Waals surface area contributed by atoms with Crippen LogP contribution in [0.25, 0.3) is 0 Å². The van der Waals surface area contributed by atoms with E-state index in [0.29, 0.717) is 11.6 Å². The molecule has 0 bridgehead atoms. The number of aryl methyl sites for hydroxylation is 2. The summed E-state index contributed by atoms with van der Waals surface area (Å²) in [5.41, 5.74) is 2.87. The predicted molar refractivity (Wildman–Crippen MR) is 93.3 cm³/mol. The number of ether oxygens (including phenoxy) is 1. The summed E-state index contributed by atoms with van der Waals surface area (Å²) in [6, 6.07) is 7.66. The van der Waals surface area contributed by atoms with Crippen molar-refractivity contribution in [1.29, 1.82) is 0 Å². The van der Waals surface area contributed by atoms with Gasteiger partial charge in [-0.15, -0.1) is 0 Å². The van der Waals surface area contributed by atoms with Gasteiger partial charge < -0.3 is 9.64 Å². The van der Waals surface area contributed by atoms with E-state index < -0.39 is 0 Å². The summed E-state index contributed by atoms with van der Waals surface area (Å²) in [7, 11) is 3.46. The number of carbonyl (C=O) groups excluding carboxylic acids is 1. The molecule has 2 aromatic rings. The van der Waals surface area contributed by atoms with Crippen LogP contribution in [0.3, 0.4) is 0 Å². The van der Waals surface area contributed by atoms with E-state index in [2.05, 4.69) is 5.10 Å². The molecule has 1 amide bonds. The smallest absolute Gasteiger partial charge is 0.227 e. The molecule has 1 aliphatic rings. The van der Waals surface area contributed by atoms with E-state index in [1.54, 1.807) is 11.8 Å². The number of hydrogen-bond acceptors (Lipinski definition) is 3. The molecule has 1 aromatic heterocycles. The molecule has 0 N–H and O–H groups in total. The third-order valence-corrected chi connectivity index (χ3v) is 5.07. The number of methoxy groups -OCH3 is 1. The molecule has 24 heavy (non-hydrogen) atoms. The van der Waals surface area contributed by atoms with E-state index in [4.69, 9.17) is 16.3 Å². The van der Waals surface area contributed by atoms with Gasteiger partial charge in [-0.05, 0) is 37.5 Å². The zero-order chi connectivity index (χ0) is 17.3. The first-order valence-corrected chi connectivity index (χ1v) is 8.50. The number of benzene rings is 1. The number of nitrogens with zero attached hydrogens (tertiary/aromatic N) is 3. The normalized spacial score (nSPS) is 17.3. The van der Waals surface area contributed by atoms with Crippen molar-refractivity contribution in [2.75, 3.05) is 13.7 Å². The van der Waals surface area contributed by atoms with E-state index >= 15 is 0 Å². The van der Waals surface area contributed by atoms with E-state index in [9.17, 15) is 4.79 Å². The summed E-state index contributed by atoms with van der Waals surface area (Å²) >= 11 is 6.41. The minimum Gasteiger partial charge on any atom is -0.497 e. The van der Waals surface area contributed by atoms with Crippen LogP contribution < -0.4 is 4.74 Å². The summed E-state index contributed by atoms with van der Waals surface area (Å²) < 4.78 is 6.84. The number of aromatic nitrogens is 2. The molecular weight excluding hydrogens is 326 g/mol. The van der Waals surface area contributed by atoms with Gasteiger partial charge in [-0.2, -0.15) is 5.10 Å². The number of amides is 1. The third kappa shape index (κ3) is 3.13. The molecule has 1 atom stereocenters. The van der Waals surface area contributed by atoms with E-state index in [-0.39, 0.29) is 11.9 Å². The Morgan fingerprint density at radius 1 is 1.38 bits per heavy atom. The molecular formula is C18H22ClN3O2. The highest BCUT2D eigenvalue weighted by Gasteiger charge is 2.33. The van der Waals surface area contributed by atoms with Crippen molar-refractivity contribution in [2.45, 2.75) is 32.2 Å². The summed E-state index contributed by atoms with van der Waals surface area (Å²) in [6.45, 7) is 2.72. The van der Waals surface area contributed by atoms with Gasteiger partial charge in [0.05, 0.1) is 25.3 Å². The van der Waals surface area contributed by atoms with Gasteiger partial charge in [-0.1, -0.05) is 23.7 Å². The Morgan fingerprint density at radius 2 is 2.08 bits per heavy atom. The summed E-state index contributed by atoms with van der Waals surface area (Å²) in [4.78, 5) is 14.8. The van der Waals surface area contributed by atoms with Crippen molar-refractivity contribution in [3.8, 4) is 5.75 Å². The van der Waals surface area contributed by atoms with Gasteiger partial charge in [0.2, 0.25) is 5.91 Å². The molecule has 3 rings (SSSR count). The van der Waals surface area contributed by atoms with Crippen LogP contribution in [0.15, 0.2) is 24.3 Å². The maximum absolute atomic E-state index is 12.8. The number of halogens is 1. The molecule has 0 unspecified atom stereocenters. The molecule has 1 aromatic carbocycles. The average Bonchev–Trinajstić information content (AvgIpc) is 3.13. The van der Waals surface area contributed by atoms with Gasteiger partial charge in [0, 0.05) is 19.2 Å². The first kappa shape index (κ1) is 16.8. The molecule has 1 fully saturated rings. The van der Waals surface area contributed by atoms with Crippen LogP contribution in [0.4, 0.5) is 0 Å². The minimum atomic E-state index is 0.0250. The Kier molecular flexibility index (Phi) is 4.81. The van der Waals surface area contributed by atoms with Crippen LogP contribution in [0, 0.1) is 6.92 Å². The number of carbonyl (C=O) groups is 1. The molecule has 0 radical (unpaired) electrons. The van der Waals surface area contributed by atoms with Crippen molar-refractivity contribution < 1.29 is 9.53 Å². The first-order chi connectivity index (χ1) is 11.5. The van der Waals surface area contributed by atoms with Crippen molar-refractivity contribution in [3.63, 3.8) is 0 Å². The lowest BCUT2D eigenvalue weighted by atomic mass is 10.0. The van der Waals surface area contributed by atoms with E-state index in [1.165, 1.54) is 0 Å². The molecule has 1 saturated heterocycles. The van der Waals surface area contributed by atoms with Crippen LogP contribution in [-0.2, 0) is 18.3 Å². The van der Waals surface area contributed by atoms with Gasteiger partial charge in [-0.25, -0.2) is 0 Å². The molecule has 0 aliphatic carbocycles. The zero-order valence-electron chi connectivity index (χ0n) is 14.3. The molecule has 2 heterocycles. The number of likely N-dealkylation sites (tertiary alicyclic amines) is 1. The van der Waals surface area contributed by atoms with Gasteiger partial charge in [0.1, 0.15) is 10.9 Å². The molecule has 128 valence electrons. The Morgan fingerprint density at radius 3 is 2.67 bits per heavy atom. The SMILES string of the molecule is COc1ccc(CC(=O)N2CCC[C@@H]2c2c(C)nn(C)c2Cl)cc1. The Labute approximate surface area is 147 Å². The van der Waals surface area contributed by atoms with Crippen molar-refractivity contribution in [3.05, 3.63) is 46.2 Å². The largest absolute Gasteiger partial charge is 0.497 e. The zero-order valence-corrected chi connectivity index (χ0v) is 15.0. The molecule has 1 aliphatic heterocycles. The highest BCUT2D eigenvalue weighted by molar-refractivity contribution is 6.30. The van der Waals surface area contributed by atoms with Crippen LogP contribution in [0.2, 0.25) is 5.15 Å². The fraction of sp³-hybridized carbons (Fsp3) is 0.444. The second-order valence-electron chi connectivity index (χ2n) is 6.18. The standard InChI is InChI=1S/C18H22ClN3O2/c1-12-17(18(19)21(2)20-12)15-5-4-10-22(15)16(23)11-13-6-8-14(24-3)9-7-13/h6-9,15H,4-5,10-11H2,1-3H3/t15-/m1/s1. The number of hydrogen-bond donors (Lipinski definition) is 0. The van der Waals surface area contributed by atoms with Gasteiger partial charge in [-0.3, -0.25) is 9.48 Å². The van der Waals surface area contributed by atoms with E-state index in [1.807, 2.05) is 43.1 Å². The third-order valence-electron chi connectivity index (χ3n) is 4.62. The number of rotatable bonds is 4. The quantitative estimate of drug-likeness (QED) is 0.852. The first-order valence-electron chi connectivity index (χ1n) is 8.12. The Hall–Kier alpha value is -2.01. The molecule has 5 nitrogen and oxygen atoms in total.